The maximum absolute atomic E-state index is 12.7. The number of thiophene rings is 1. The van der Waals surface area contributed by atoms with E-state index in [-0.39, 0.29) is 18.3 Å². The third kappa shape index (κ3) is 4.43. The molecule has 36 heavy (non-hydrogen) atoms. The Bertz CT molecular complexity index is 1330. The van der Waals surface area contributed by atoms with Gasteiger partial charge in [0.15, 0.2) is 0 Å². The number of allylic oxidation sites excluding steroid dienone is 2. The van der Waals surface area contributed by atoms with Crippen LogP contribution in [0.3, 0.4) is 0 Å². The molecule has 0 amide bonds. The van der Waals surface area contributed by atoms with Gasteiger partial charge in [0.1, 0.15) is 0 Å². The first-order valence-electron chi connectivity index (χ1n) is 12.5. The molecule has 4 nitrogen and oxygen atoms in total. The lowest BCUT2D eigenvalue weighted by molar-refractivity contribution is 0.00578. The number of carbonyl (C=O) groups is 2. The van der Waals surface area contributed by atoms with Crippen molar-refractivity contribution in [3.8, 4) is 10.4 Å². The zero-order valence-corrected chi connectivity index (χ0v) is 22.3. The van der Waals surface area contributed by atoms with Gasteiger partial charge < -0.3 is 9.31 Å². The van der Waals surface area contributed by atoms with E-state index in [0.29, 0.717) is 11.1 Å². The maximum Gasteiger partial charge on any atom is 0.490 e. The van der Waals surface area contributed by atoms with E-state index >= 15 is 0 Å². The molecule has 3 aromatic rings. The van der Waals surface area contributed by atoms with Crippen LogP contribution >= 0.6 is 11.3 Å². The summed E-state index contributed by atoms with van der Waals surface area (Å²) in [5.74, 6) is -0.972. The van der Waals surface area contributed by atoms with Gasteiger partial charge in [-0.25, -0.2) is 0 Å². The Morgan fingerprint density at radius 3 is 2.03 bits per heavy atom. The summed E-state index contributed by atoms with van der Waals surface area (Å²) in [6.45, 7) is 10.5. The van der Waals surface area contributed by atoms with E-state index in [0.717, 1.165) is 29.7 Å². The van der Waals surface area contributed by atoms with E-state index in [1.807, 2.05) is 18.2 Å². The van der Waals surface area contributed by atoms with Gasteiger partial charge in [0.05, 0.1) is 11.2 Å². The number of rotatable bonds is 6. The Balaban J connectivity index is 1.39. The average molecular weight is 498 g/mol. The average Bonchev–Trinajstić information content (AvgIpc) is 3.54. The normalized spacial score (nSPS) is 18.6. The smallest absolute Gasteiger partial charge is 0.400 e. The molecular formula is C30H31BO4S. The van der Waals surface area contributed by atoms with Gasteiger partial charge in [-0.3, -0.25) is 9.59 Å². The standard InChI is InChI=1S/C30H31BO4S/c1-19-24(23-12-9-13-25(23)31-34-29(2,3)30(4,5)35-31)18-26(36-19)20-14-16-22(17-15-20)28(33)27(32)21-10-7-6-8-11-21/h6-8,10-11,14-18H,9,12-13H2,1-5H3. The van der Waals surface area contributed by atoms with Crippen LogP contribution in [0.4, 0.5) is 0 Å². The number of aryl methyl sites for hydroxylation is 1. The molecule has 0 bridgehead atoms. The third-order valence-electron chi connectivity index (χ3n) is 7.71. The van der Waals surface area contributed by atoms with E-state index in [4.69, 9.17) is 9.31 Å². The van der Waals surface area contributed by atoms with Crippen LogP contribution in [0.2, 0.25) is 0 Å². The number of benzene rings is 2. The Kier molecular flexibility index (Phi) is 6.40. The highest BCUT2D eigenvalue weighted by Crippen LogP contribution is 2.46. The molecule has 1 saturated heterocycles. The second kappa shape index (κ2) is 9.26. The van der Waals surface area contributed by atoms with Gasteiger partial charge in [0.2, 0.25) is 11.6 Å². The molecule has 1 aliphatic heterocycles. The number of ketones is 2. The summed E-state index contributed by atoms with van der Waals surface area (Å²) in [7, 11) is -0.303. The SMILES string of the molecule is Cc1sc(-c2ccc(C(=O)C(=O)c3ccccc3)cc2)cc1C1=C(B2OC(C)(C)C(C)(C)O2)CCC1. The Morgan fingerprint density at radius 2 is 1.42 bits per heavy atom. The van der Waals surface area contributed by atoms with Crippen molar-refractivity contribution in [3.05, 3.63) is 87.7 Å². The first-order chi connectivity index (χ1) is 17.1. The van der Waals surface area contributed by atoms with Crippen molar-refractivity contribution in [1.29, 1.82) is 0 Å². The number of hydrogen-bond donors (Lipinski definition) is 0. The summed E-state index contributed by atoms with van der Waals surface area (Å²) in [5, 5.41) is 0. The highest BCUT2D eigenvalue weighted by atomic mass is 32.1. The Morgan fingerprint density at radius 1 is 0.833 bits per heavy atom. The van der Waals surface area contributed by atoms with Gasteiger partial charge in [-0.1, -0.05) is 54.6 Å². The van der Waals surface area contributed by atoms with Crippen molar-refractivity contribution in [2.45, 2.75) is 65.1 Å². The summed E-state index contributed by atoms with van der Waals surface area (Å²) < 4.78 is 12.8. The summed E-state index contributed by atoms with van der Waals surface area (Å²) >= 11 is 1.75. The van der Waals surface area contributed by atoms with Crippen molar-refractivity contribution in [3.63, 3.8) is 0 Å². The van der Waals surface area contributed by atoms with E-state index in [1.54, 1.807) is 47.7 Å². The molecule has 1 aliphatic carbocycles. The number of hydrogen-bond acceptors (Lipinski definition) is 5. The van der Waals surface area contributed by atoms with Crippen molar-refractivity contribution < 1.29 is 18.9 Å². The zero-order chi connectivity index (χ0) is 25.7. The first-order valence-corrected chi connectivity index (χ1v) is 13.3. The molecule has 2 aromatic carbocycles. The van der Waals surface area contributed by atoms with Crippen LogP contribution in [0.25, 0.3) is 16.0 Å². The van der Waals surface area contributed by atoms with Gasteiger partial charge in [0, 0.05) is 20.9 Å². The fourth-order valence-electron chi connectivity index (χ4n) is 4.88. The molecule has 5 rings (SSSR count). The first kappa shape index (κ1) is 24.9. The number of carbonyl (C=O) groups excluding carboxylic acids is 2. The lowest BCUT2D eigenvalue weighted by Gasteiger charge is -2.32. The van der Waals surface area contributed by atoms with Crippen LogP contribution in [0.1, 0.15) is 78.1 Å². The second-order valence-corrected chi connectivity index (χ2v) is 11.9. The predicted octanol–water partition coefficient (Wildman–Crippen LogP) is 7.36. The maximum atomic E-state index is 12.7. The van der Waals surface area contributed by atoms with Gasteiger partial charge in [0.25, 0.3) is 0 Å². The number of Topliss-reactive ketones (excluding diaryl/α,β-unsaturated/α-hetero) is 2. The highest BCUT2D eigenvalue weighted by molar-refractivity contribution is 7.15. The largest absolute Gasteiger partial charge is 0.490 e. The van der Waals surface area contributed by atoms with E-state index in [9.17, 15) is 9.59 Å². The molecule has 0 unspecified atom stereocenters. The summed E-state index contributed by atoms with van der Waals surface area (Å²) in [5.41, 5.74) is 5.01. The third-order valence-corrected chi connectivity index (χ3v) is 8.81. The van der Waals surface area contributed by atoms with Gasteiger partial charge in [-0.15, -0.1) is 11.3 Å². The van der Waals surface area contributed by atoms with Crippen molar-refractivity contribution in [1.82, 2.24) is 0 Å². The molecule has 0 N–H and O–H groups in total. The topological polar surface area (TPSA) is 52.6 Å². The zero-order valence-electron chi connectivity index (χ0n) is 21.5. The minimum atomic E-state index is -0.487. The lowest BCUT2D eigenvalue weighted by atomic mass is 9.74. The van der Waals surface area contributed by atoms with Crippen LogP contribution < -0.4 is 0 Å². The van der Waals surface area contributed by atoms with Gasteiger partial charge in [-0.2, -0.15) is 0 Å². The Hall–Kier alpha value is -2.80. The molecule has 184 valence electrons. The molecule has 0 atom stereocenters. The fourth-order valence-corrected chi connectivity index (χ4v) is 5.93. The van der Waals surface area contributed by atoms with Gasteiger partial charge >= 0.3 is 7.12 Å². The van der Waals surface area contributed by atoms with Crippen LogP contribution in [0.15, 0.2) is 66.1 Å². The second-order valence-electron chi connectivity index (χ2n) is 10.6. The molecule has 2 aliphatic rings. The summed E-state index contributed by atoms with van der Waals surface area (Å²) in [6.07, 6.45) is 3.11. The summed E-state index contributed by atoms with van der Waals surface area (Å²) in [4.78, 5) is 27.6. The minimum Gasteiger partial charge on any atom is -0.400 e. The van der Waals surface area contributed by atoms with Crippen LogP contribution in [0, 0.1) is 6.92 Å². The molecule has 1 aromatic heterocycles. The van der Waals surface area contributed by atoms with Crippen molar-refractivity contribution in [2.24, 2.45) is 0 Å². The lowest BCUT2D eigenvalue weighted by Crippen LogP contribution is -2.41. The molecule has 6 heteroatoms. The fraction of sp³-hybridized carbons (Fsp3) is 0.333. The molecular weight excluding hydrogens is 467 g/mol. The van der Waals surface area contributed by atoms with Crippen LogP contribution in [0.5, 0.6) is 0 Å². The predicted molar refractivity (Wildman–Crippen MR) is 146 cm³/mol. The highest BCUT2D eigenvalue weighted by Gasteiger charge is 2.53. The van der Waals surface area contributed by atoms with Crippen molar-refractivity contribution in [2.75, 3.05) is 0 Å². The Labute approximate surface area is 217 Å². The quantitative estimate of drug-likeness (QED) is 0.202. The van der Waals surface area contributed by atoms with E-state index in [1.165, 1.54) is 21.5 Å². The molecule has 0 saturated carbocycles. The van der Waals surface area contributed by atoms with Crippen LogP contribution in [-0.2, 0) is 9.31 Å². The molecule has 0 spiro atoms. The molecule has 0 radical (unpaired) electrons. The molecule has 2 heterocycles. The van der Waals surface area contributed by atoms with E-state index < -0.39 is 11.6 Å². The van der Waals surface area contributed by atoms with Crippen molar-refractivity contribution >= 4 is 35.6 Å². The summed E-state index contributed by atoms with van der Waals surface area (Å²) in [6, 6.07) is 18.3. The van der Waals surface area contributed by atoms with Gasteiger partial charge in [-0.05, 0) is 82.1 Å². The monoisotopic (exact) mass is 498 g/mol. The molecule has 1 fully saturated rings. The van der Waals surface area contributed by atoms with Crippen LogP contribution in [-0.4, -0.2) is 29.9 Å². The van der Waals surface area contributed by atoms with E-state index in [2.05, 4.69) is 40.7 Å². The minimum absolute atomic E-state index is 0.303.